The Bertz CT molecular complexity index is 1070. The van der Waals surface area contributed by atoms with Gasteiger partial charge in [0.05, 0.1) is 17.1 Å². The van der Waals surface area contributed by atoms with Gasteiger partial charge in [0, 0.05) is 20.3 Å². The number of fused-ring (bicyclic) bond motifs is 2. The van der Waals surface area contributed by atoms with Crippen LogP contribution in [0, 0.1) is 11.6 Å². The first kappa shape index (κ1) is 19.7. The van der Waals surface area contributed by atoms with E-state index in [-0.39, 0.29) is 6.43 Å². The second-order valence-corrected chi connectivity index (χ2v) is 9.53. The fourth-order valence-corrected chi connectivity index (χ4v) is 6.07. The maximum atomic E-state index is 13.9. The molecule has 2 aliphatic heterocycles. The number of rotatable bonds is 2. The van der Waals surface area contributed by atoms with Crippen molar-refractivity contribution in [1.29, 1.82) is 0 Å². The summed E-state index contributed by atoms with van der Waals surface area (Å²) in [6.45, 7) is 2.61. The van der Waals surface area contributed by atoms with Gasteiger partial charge in [0.1, 0.15) is 17.3 Å². The van der Waals surface area contributed by atoms with Crippen LogP contribution in [-0.2, 0) is 6.42 Å². The maximum Gasteiger partial charge on any atom is 0.284 e. The van der Waals surface area contributed by atoms with Crippen LogP contribution in [0.2, 0.25) is 0 Å². The van der Waals surface area contributed by atoms with Crippen molar-refractivity contribution in [3.63, 3.8) is 0 Å². The zero-order chi connectivity index (χ0) is 20.7. The minimum atomic E-state index is -0.802. The molecule has 0 radical (unpaired) electrons. The van der Waals surface area contributed by atoms with Crippen LogP contribution in [0.5, 0.6) is 0 Å². The maximum absolute atomic E-state index is 13.9. The molecule has 1 N–H and O–H groups in total. The SMILES string of the molecule is O=C(Nc1c(F)cccc1F)c1nc2c(s1)C1=C(CCC2)CCN(C2=NCCS2)C1.[HH]. The number of amidine groups is 1. The lowest BCUT2D eigenvalue weighted by molar-refractivity contribution is 0.102. The molecule has 2 aromatic rings. The fourth-order valence-electron chi connectivity index (χ4n) is 4.10. The first-order valence-electron chi connectivity index (χ1n) is 9.98. The number of nitrogens with one attached hydrogen (secondary N) is 1. The van der Waals surface area contributed by atoms with E-state index in [9.17, 15) is 13.6 Å². The minimum absolute atomic E-state index is 0. The first-order chi connectivity index (χ1) is 14.6. The van der Waals surface area contributed by atoms with Crippen LogP contribution in [-0.4, -0.2) is 46.3 Å². The fraction of sp³-hybridized carbons (Fsp3) is 0.381. The molecule has 0 bridgehead atoms. The summed E-state index contributed by atoms with van der Waals surface area (Å²) in [6.07, 6.45) is 3.84. The average Bonchev–Trinajstić information content (AvgIpc) is 3.39. The highest BCUT2D eigenvalue weighted by Gasteiger charge is 2.30. The van der Waals surface area contributed by atoms with Crippen molar-refractivity contribution in [2.45, 2.75) is 25.7 Å². The van der Waals surface area contributed by atoms with Crippen molar-refractivity contribution in [2.24, 2.45) is 4.99 Å². The first-order valence-corrected chi connectivity index (χ1v) is 11.8. The number of halogens is 2. The van der Waals surface area contributed by atoms with Crippen molar-refractivity contribution in [1.82, 2.24) is 9.88 Å². The summed E-state index contributed by atoms with van der Waals surface area (Å²) < 4.78 is 27.8. The summed E-state index contributed by atoms with van der Waals surface area (Å²) in [5.41, 5.74) is 3.15. The van der Waals surface area contributed by atoms with Crippen LogP contribution in [0.1, 0.15) is 41.1 Å². The minimum Gasteiger partial charge on any atom is -0.347 e. The number of nitrogens with zero attached hydrogens (tertiary/aromatic N) is 3. The number of hydrogen-bond donors (Lipinski definition) is 1. The smallest absolute Gasteiger partial charge is 0.284 e. The quantitative estimate of drug-likeness (QED) is 0.716. The lowest BCUT2D eigenvalue weighted by atomic mass is 9.97. The van der Waals surface area contributed by atoms with E-state index in [4.69, 9.17) is 0 Å². The summed E-state index contributed by atoms with van der Waals surface area (Å²) in [5.74, 6) is -1.16. The van der Waals surface area contributed by atoms with Crippen molar-refractivity contribution < 1.29 is 15.0 Å². The molecular formula is C21H22F2N4OS2. The highest BCUT2D eigenvalue weighted by molar-refractivity contribution is 8.14. The zero-order valence-corrected chi connectivity index (χ0v) is 17.8. The van der Waals surface area contributed by atoms with Crippen molar-refractivity contribution in [3.05, 3.63) is 51.0 Å². The van der Waals surface area contributed by atoms with Gasteiger partial charge in [-0.05, 0) is 43.4 Å². The van der Waals surface area contributed by atoms with Crippen LogP contribution in [0.4, 0.5) is 14.5 Å². The predicted octanol–water partition coefficient (Wildman–Crippen LogP) is 4.82. The zero-order valence-electron chi connectivity index (χ0n) is 16.2. The molecule has 1 aliphatic carbocycles. The third kappa shape index (κ3) is 3.65. The number of aromatic nitrogens is 1. The molecule has 1 amide bonds. The second kappa shape index (κ2) is 8.11. The second-order valence-electron chi connectivity index (χ2n) is 7.47. The highest BCUT2D eigenvalue weighted by Crippen LogP contribution is 2.39. The molecule has 3 aliphatic rings. The largest absolute Gasteiger partial charge is 0.347 e. The molecule has 3 heterocycles. The number of carbonyl (C=O) groups excluding carboxylic acids is 1. The Labute approximate surface area is 182 Å². The Balaban J connectivity index is 0.00000231. The summed E-state index contributed by atoms with van der Waals surface area (Å²) in [7, 11) is 0. The van der Waals surface area contributed by atoms with E-state index >= 15 is 0 Å². The number of aryl methyl sites for hydroxylation is 1. The molecule has 0 unspecified atom stereocenters. The lowest BCUT2D eigenvalue weighted by Crippen LogP contribution is -2.34. The summed E-state index contributed by atoms with van der Waals surface area (Å²) in [4.78, 5) is 25.2. The van der Waals surface area contributed by atoms with E-state index < -0.39 is 23.2 Å². The van der Waals surface area contributed by atoms with Crippen molar-refractivity contribution in [3.8, 4) is 0 Å². The number of hydrogen-bond acceptors (Lipinski definition) is 6. The van der Waals surface area contributed by atoms with Gasteiger partial charge in [0.2, 0.25) is 0 Å². The van der Waals surface area contributed by atoms with Gasteiger partial charge < -0.3 is 10.2 Å². The van der Waals surface area contributed by atoms with Crippen LogP contribution < -0.4 is 5.32 Å². The molecule has 5 nitrogen and oxygen atoms in total. The van der Waals surface area contributed by atoms with Gasteiger partial charge in [-0.25, -0.2) is 13.8 Å². The predicted molar refractivity (Wildman–Crippen MR) is 119 cm³/mol. The summed E-state index contributed by atoms with van der Waals surface area (Å²) in [5, 5.41) is 3.69. The third-order valence-electron chi connectivity index (χ3n) is 5.56. The number of anilines is 1. The molecule has 9 heteroatoms. The van der Waals surface area contributed by atoms with Gasteiger partial charge in [-0.3, -0.25) is 9.79 Å². The van der Waals surface area contributed by atoms with Gasteiger partial charge in [0.15, 0.2) is 10.2 Å². The molecule has 0 spiro atoms. The number of aliphatic imine (C=N–C) groups is 1. The van der Waals surface area contributed by atoms with Gasteiger partial charge in [-0.1, -0.05) is 23.4 Å². The molecule has 0 saturated heterocycles. The number of amides is 1. The number of benzene rings is 1. The van der Waals surface area contributed by atoms with E-state index in [2.05, 4.69) is 20.2 Å². The Morgan fingerprint density at radius 2 is 2.03 bits per heavy atom. The number of thiazole rings is 1. The van der Waals surface area contributed by atoms with Crippen molar-refractivity contribution in [2.75, 3.05) is 30.7 Å². The number of carbonyl (C=O) groups is 1. The van der Waals surface area contributed by atoms with Crippen LogP contribution in [0.25, 0.3) is 5.57 Å². The Morgan fingerprint density at radius 1 is 1.20 bits per heavy atom. The van der Waals surface area contributed by atoms with Gasteiger partial charge in [-0.2, -0.15) is 0 Å². The monoisotopic (exact) mass is 448 g/mol. The van der Waals surface area contributed by atoms with Crippen LogP contribution in [0.3, 0.4) is 0 Å². The molecule has 158 valence electrons. The van der Waals surface area contributed by atoms with E-state index in [0.29, 0.717) is 0 Å². The molecule has 5 rings (SSSR count). The lowest BCUT2D eigenvalue weighted by Gasteiger charge is -2.31. The normalized spacial score (nSPS) is 18.6. The van der Waals surface area contributed by atoms with Crippen LogP contribution >= 0.6 is 23.1 Å². The molecular weight excluding hydrogens is 426 g/mol. The van der Waals surface area contributed by atoms with Gasteiger partial charge >= 0.3 is 0 Å². The Morgan fingerprint density at radius 3 is 2.80 bits per heavy atom. The summed E-state index contributed by atoms with van der Waals surface area (Å²) in [6, 6.07) is 3.50. The standard InChI is InChI=1S/C21H20F2N4OS2.H2/c22-14-4-2-5-15(23)17(14)26-19(28)20-25-16-6-1-3-12-7-9-27(21-24-8-10-29-21)11-13(12)18(16)30-20;/h2,4-5H,1,3,6-11H2,(H,26,28);1H. The van der Waals surface area contributed by atoms with Gasteiger partial charge in [-0.15, -0.1) is 11.3 Å². The van der Waals surface area contributed by atoms with E-state index in [1.54, 1.807) is 11.8 Å². The average molecular weight is 449 g/mol. The Kier molecular flexibility index (Phi) is 5.32. The van der Waals surface area contributed by atoms with E-state index in [1.807, 2.05) is 0 Å². The molecule has 1 aromatic heterocycles. The topological polar surface area (TPSA) is 57.6 Å². The van der Waals surface area contributed by atoms with Crippen LogP contribution in [0.15, 0.2) is 28.8 Å². The molecule has 1 aromatic carbocycles. The number of para-hydroxylation sites is 1. The van der Waals surface area contributed by atoms with Gasteiger partial charge in [0.25, 0.3) is 5.91 Å². The molecule has 30 heavy (non-hydrogen) atoms. The Hall–Kier alpha value is -2.26. The van der Waals surface area contributed by atoms with Crippen molar-refractivity contribution >= 4 is 45.4 Å². The molecule has 0 atom stereocenters. The highest BCUT2D eigenvalue weighted by atomic mass is 32.2. The number of thioether (sulfide) groups is 1. The molecule has 0 fully saturated rings. The van der Waals surface area contributed by atoms with E-state index in [0.717, 1.165) is 78.9 Å². The van der Waals surface area contributed by atoms with E-state index in [1.165, 1.54) is 28.5 Å². The third-order valence-corrected chi connectivity index (χ3v) is 7.75. The summed E-state index contributed by atoms with van der Waals surface area (Å²) >= 11 is 3.11. The molecule has 0 saturated carbocycles.